The lowest BCUT2D eigenvalue weighted by molar-refractivity contribution is -0.121. The van der Waals surface area contributed by atoms with Crippen molar-refractivity contribution in [1.29, 1.82) is 0 Å². The maximum absolute atomic E-state index is 13.4. The van der Waals surface area contributed by atoms with Crippen molar-refractivity contribution in [2.45, 2.75) is 12.6 Å². The van der Waals surface area contributed by atoms with Gasteiger partial charge < -0.3 is 4.90 Å². The Kier molecular flexibility index (Phi) is 4.81. The molecule has 150 valence electrons. The minimum atomic E-state index is -0.432. The van der Waals surface area contributed by atoms with Crippen molar-refractivity contribution < 1.29 is 9.59 Å². The summed E-state index contributed by atoms with van der Waals surface area (Å²) in [5.74, 6) is -0.138. The van der Waals surface area contributed by atoms with Gasteiger partial charge in [0.05, 0.1) is 5.69 Å². The Bertz CT molecular complexity index is 1070. The highest BCUT2D eigenvalue weighted by molar-refractivity contribution is 6.23. The first-order valence-corrected chi connectivity index (χ1v) is 10.3. The summed E-state index contributed by atoms with van der Waals surface area (Å²) < 4.78 is 0. The molecule has 0 radical (unpaired) electrons. The number of nitrogens with zero attached hydrogens (tertiary/aromatic N) is 3. The second kappa shape index (κ2) is 7.76. The van der Waals surface area contributed by atoms with E-state index in [4.69, 9.17) is 0 Å². The Morgan fingerprint density at radius 2 is 1.43 bits per heavy atom. The average molecular weight is 397 g/mol. The van der Waals surface area contributed by atoms with Gasteiger partial charge in [0.1, 0.15) is 6.04 Å². The minimum absolute atomic E-state index is 0.138. The highest BCUT2D eigenvalue weighted by atomic mass is 16.2. The molecule has 5 heteroatoms. The average Bonchev–Trinajstić information content (AvgIpc) is 3.04. The van der Waals surface area contributed by atoms with Crippen LogP contribution >= 0.6 is 0 Å². The SMILES string of the molecule is O=C1C2CN(Cc3ccccc3)CCN2C(=O)N1c1ccccc1-c1ccccc1. The number of urea groups is 1. The van der Waals surface area contributed by atoms with Gasteiger partial charge in [-0.15, -0.1) is 0 Å². The van der Waals surface area contributed by atoms with E-state index < -0.39 is 6.04 Å². The van der Waals surface area contributed by atoms with Gasteiger partial charge in [-0.1, -0.05) is 78.9 Å². The van der Waals surface area contributed by atoms with E-state index in [0.29, 0.717) is 18.8 Å². The van der Waals surface area contributed by atoms with Gasteiger partial charge in [-0.05, 0) is 17.2 Å². The topological polar surface area (TPSA) is 43.9 Å². The number of anilines is 1. The highest BCUT2D eigenvalue weighted by Crippen LogP contribution is 2.35. The molecule has 3 amide bonds. The van der Waals surface area contributed by atoms with E-state index in [9.17, 15) is 9.59 Å². The molecule has 2 saturated heterocycles. The van der Waals surface area contributed by atoms with Gasteiger partial charge in [-0.25, -0.2) is 9.69 Å². The molecule has 0 spiro atoms. The molecule has 1 atom stereocenters. The molecule has 0 aliphatic carbocycles. The van der Waals surface area contributed by atoms with E-state index in [1.54, 1.807) is 4.90 Å². The summed E-state index contributed by atoms with van der Waals surface area (Å²) in [5.41, 5.74) is 3.75. The first kappa shape index (κ1) is 18.6. The largest absolute Gasteiger partial charge is 0.332 e. The van der Waals surface area contributed by atoms with Crippen LogP contribution in [-0.4, -0.2) is 47.4 Å². The molecule has 30 heavy (non-hydrogen) atoms. The molecule has 0 saturated carbocycles. The third kappa shape index (κ3) is 3.27. The maximum Gasteiger partial charge on any atom is 0.332 e. The summed E-state index contributed by atoms with van der Waals surface area (Å²) in [7, 11) is 0. The molecule has 0 bridgehead atoms. The predicted octanol–water partition coefficient (Wildman–Crippen LogP) is 4.01. The lowest BCUT2D eigenvalue weighted by Gasteiger charge is -2.35. The Morgan fingerprint density at radius 3 is 2.20 bits per heavy atom. The third-order valence-corrected chi connectivity index (χ3v) is 5.89. The first-order valence-electron chi connectivity index (χ1n) is 10.3. The van der Waals surface area contributed by atoms with Gasteiger partial charge in [0, 0.05) is 31.7 Å². The molecular weight excluding hydrogens is 374 g/mol. The zero-order valence-electron chi connectivity index (χ0n) is 16.6. The number of hydrogen-bond donors (Lipinski definition) is 0. The summed E-state index contributed by atoms with van der Waals surface area (Å²) in [6.07, 6.45) is 0. The number of imide groups is 1. The van der Waals surface area contributed by atoms with Crippen LogP contribution in [0.5, 0.6) is 0 Å². The van der Waals surface area contributed by atoms with Crippen LogP contribution in [0.4, 0.5) is 10.5 Å². The van der Waals surface area contributed by atoms with Crippen LogP contribution in [-0.2, 0) is 11.3 Å². The number of piperazine rings is 1. The summed E-state index contributed by atoms with van der Waals surface area (Å²) in [6, 6.07) is 27.1. The summed E-state index contributed by atoms with van der Waals surface area (Å²) >= 11 is 0. The van der Waals surface area contributed by atoms with Crippen LogP contribution in [0.1, 0.15) is 5.56 Å². The van der Waals surface area contributed by atoms with Gasteiger partial charge in [-0.2, -0.15) is 0 Å². The molecule has 0 N–H and O–H groups in total. The molecule has 5 nitrogen and oxygen atoms in total. The molecule has 2 fully saturated rings. The first-order chi connectivity index (χ1) is 14.7. The van der Waals surface area contributed by atoms with Gasteiger partial charge >= 0.3 is 6.03 Å². The number of para-hydroxylation sites is 1. The molecular formula is C25H23N3O2. The molecule has 2 aliphatic heterocycles. The fraction of sp³-hybridized carbons (Fsp3) is 0.200. The van der Waals surface area contributed by atoms with Gasteiger partial charge in [0.2, 0.25) is 0 Å². The molecule has 1 unspecified atom stereocenters. The van der Waals surface area contributed by atoms with Crippen molar-refractivity contribution in [1.82, 2.24) is 9.80 Å². The molecule has 5 rings (SSSR count). The Balaban J connectivity index is 1.42. The molecule has 2 heterocycles. The smallest absolute Gasteiger partial charge is 0.309 e. The highest BCUT2D eigenvalue weighted by Gasteiger charge is 2.48. The van der Waals surface area contributed by atoms with E-state index in [0.717, 1.165) is 24.2 Å². The Labute approximate surface area is 176 Å². The van der Waals surface area contributed by atoms with Crippen molar-refractivity contribution in [3.8, 4) is 11.1 Å². The van der Waals surface area contributed by atoms with Crippen molar-refractivity contribution in [2.24, 2.45) is 0 Å². The zero-order chi connectivity index (χ0) is 20.5. The molecule has 3 aromatic rings. The maximum atomic E-state index is 13.4. The Hall–Kier alpha value is -3.44. The van der Waals surface area contributed by atoms with Gasteiger partial charge in [-0.3, -0.25) is 9.69 Å². The number of amides is 3. The van der Waals surface area contributed by atoms with Crippen LogP contribution in [0, 0.1) is 0 Å². The predicted molar refractivity (Wildman–Crippen MR) is 117 cm³/mol. The van der Waals surface area contributed by atoms with Crippen LogP contribution in [0.2, 0.25) is 0 Å². The summed E-state index contributed by atoms with van der Waals surface area (Å²) in [6.45, 7) is 2.67. The number of carbonyl (C=O) groups excluding carboxylic acids is 2. The number of rotatable bonds is 4. The normalized spacial score (nSPS) is 19.3. The molecule has 2 aliphatic rings. The second-order valence-corrected chi connectivity index (χ2v) is 7.77. The van der Waals surface area contributed by atoms with E-state index in [-0.39, 0.29) is 11.9 Å². The fourth-order valence-electron chi connectivity index (χ4n) is 4.39. The summed E-state index contributed by atoms with van der Waals surface area (Å²) in [4.78, 5) is 31.9. The van der Waals surface area contributed by atoms with Crippen molar-refractivity contribution in [3.05, 3.63) is 90.5 Å². The molecule has 3 aromatic carbocycles. The van der Waals surface area contributed by atoms with E-state index >= 15 is 0 Å². The lowest BCUT2D eigenvalue weighted by Crippen LogP contribution is -2.52. The van der Waals surface area contributed by atoms with E-state index in [1.807, 2.05) is 72.8 Å². The standard InChI is InChI=1S/C25H23N3O2/c29-24-23-18-26(17-19-9-3-1-4-10-19)15-16-27(23)25(30)28(24)22-14-8-7-13-21(22)20-11-5-2-6-12-20/h1-14,23H,15-18H2. The minimum Gasteiger partial charge on any atom is -0.309 e. The number of hydrogen-bond acceptors (Lipinski definition) is 3. The van der Waals surface area contributed by atoms with Crippen LogP contribution in [0.3, 0.4) is 0 Å². The van der Waals surface area contributed by atoms with Crippen molar-refractivity contribution in [3.63, 3.8) is 0 Å². The number of benzene rings is 3. The van der Waals surface area contributed by atoms with Crippen LogP contribution < -0.4 is 4.90 Å². The fourth-order valence-corrected chi connectivity index (χ4v) is 4.39. The second-order valence-electron chi connectivity index (χ2n) is 7.77. The van der Waals surface area contributed by atoms with Crippen molar-refractivity contribution >= 4 is 17.6 Å². The Morgan fingerprint density at radius 1 is 0.767 bits per heavy atom. The van der Waals surface area contributed by atoms with Crippen LogP contribution in [0.15, 0.2) is 84.9 Å². The summed E-state index contributed by atoms with van der Waals surface area (Å²) in [5, 5.41) is 0. The lowest BCUT2D eigenvalue weighted by atomic mass is 10.0. The quantitative estimate of drug-likeness (QED) is 0.625. The van der Waals surface area contributed by atoms with Crippen molar-refractivity contribution in [2.75, 3.05) is 24.5 Å². The monoisotopic (exact) mass is 397 g/mol. The van der Waals surface area contributed by atoms with E-state index in [1.165, 1.54) is 10.5 Å². The van der Waals surface area contributed by atoms with Gasteiger partial charge in [0.15, 0.2) is 0 Å². The third-order valence-electron chi connectivity index (χ3n) is 5.89. The molecule has 0 aromatic heterocycles. The number of carbonyl (C=O) groups is 2. The van der Waals surface area contributed by atoms with Gasteiger partial charge in [0.25, 0.3) is 5.91 Å². The van der Waals surface area contributed by atoms with Crippen LogP contribution in [0.25, 0.3) is 11.1 Å². The van der Waals surface area contributed by atoms with E-state index in [2.05, 4.69) is 17.0 Å². The number of fused-ring (bicyclic) bond motifs is 1. The zero-order valence-corrected chi connectivity index (χ0v) is 16.6.